The molecule has 3 rings (SSSR count). The maximum atomic E-state index is 12.6. The third-order valence-electron chi connectivity index (χ3n) is 4.19. The van der Waals surface area contributed by atoms with Gasteiger partial charge in [0, 0.05) is 42.3 Å². The van der Waals surface area contributed by atoms with Gasteiger partial charge in [0.2, 0.25) is 10.0 Å². The summed E-state index contributed by atoms with van der Waals surface area (Å²) in [6.07, 6.45) is 7.37. The second kappa shape index (κ2) is 11.9. The number of benzene rings is 2. The van der Waals surface area contributed by atoms with Crippen LogP contribution in [-0.4, -0.2) is 32.5 Å². The number of hydrogen-bond acceptors (Lipinski definition) is 4. The van der Waals surface area contributed by atoms with Gasteiger partial charge in [-0.3, -0.25) is 4.98 Å². The molecule has 0 bridgehead atoms. The molecule has 3 aromatic rings. The zero-order valence-corrected chi connectivity index (χ0v) is 18.4. The SMILES string of the molecule is CC(C=Cc1ccccc1)NCCNS(=O)(=O)c1cccc2cnccc12.Cl.Cl. The highest BCUT2D eigenvalue weighted by molar-refractivity contribution is 7.89. The lowest BCUT2D eigenvalue weighted by Gasteiger charge is -2.12. The van der Waals surface area contributed by atoms with Crippen molar-refractivity contribution in [1.82, 2.24) is 15.0 Å². The van der Waals surface area contributed by atoms with Gasteiger partial charge in [-0.25, -0.2) is 13.1 Å². The summed E-state index contributed by atoms with van der Waals surface area (Å²) in [6, 6.07) is 17.1. The van der Waals surface area contributed by atoms with Crippen LogP contribution in [0.4, 0.5) is 0 Å². The van der Waals surface area contributed by atoms with Gasteiger partial charge in [-0.1, -0.05) is 54.6 Å². The van der Waals surface area contributed by atoms with Gasteiger partial charge >= 0.3 is 0 Å². The van der Waals surface area contributed by atoms with Crippen molar-refractivity contribution in [2.45, 2.75) is 17.9 Å². The lowest BCUT2D eigenvalue weighted by atomic mass is 10.2. The van der Waals surface area contributed by atoms with Crippen LogP contribution in [0.2, 0.25) is 0 Å². The van der Waals surface area contributed by atoms with Crippen LogP contribution in [0.1, 0.15) is 12.5 Å². The van der Waals surface area contributed by atoms with Crippen LogP contribution in [0.3, 0.4) is 0 Å². The van der Waals surface area contributed by atoms with E-state index in [2.05, 4.69) is 21.1 Å². The molecule has 0 saturated carbocycles. The molecule has 1 unspecified atom stereocenters. The van der Waals surface area contributed by atoms with Crippen LogP contribution >= 0.6 is 24.8 Å². The fourth-order valence-corrected chi connectivity index (χ4v) is 4.04. The normalized spacial score (nSPS) is 12.3. The third kappa shape index (κ3) is 7.10. The van der Waals surface area contributed by atoms with Crippen molar-refractivity contribution < 1.29 is 8.42 Å². The van der Waals surface area contributed by atoms with Crippen molar-refractivity contribution in [3.8, 4) is 0 Å². The topological polar surface area (TPSA) is 71.1 Å². The molecule has 0 aliphatic carbocycles. The monoisotopic (exact) mass is 453 g/mol. The Morgan fingerprint density at radius 3 is 2.52 bits per heavy atom. The van der Waals surface area contributed by atoms with Crippen LogP contribution < -0.4 is 10.0 Å². The molecule has 0 aliphatic rings. The molecule has 0 saturated heterocycles. The van der Waals surface area contributed by atoms with E-state index in [1.54, 1.807) is 30.6 Å². The van der Waals surface area contributed by atoms with Crippen molar-refractivity contribution in [3.63, 3.8) is 0 Å². The minimum atomic E-state index is -3.58. The summed E-state index contributed by atoms with van der Waals surface area (Å²) in [6.45, 7) is 2.88. The van der Waals surface area contributed by atoms with E-state index in [9.17, 15) is 8.42 Å². The molecule has 2 aromatic carbocycles. The van der Waals surface area contributed by atoms with E-state index in [0.717, 1.165) is 10.9 Å². The van der Waals surface area contributed by atoms with Gasteiger partial charge in [-0.15, -0.1) is 24.8 Å². The zero-order valence-electron chi connectivity index (χ0n) is 16.0. The summed E-state index contributed by atoms with van der Waals surface area (Å²) >= 11 is 0. The Kier molecular flexibility index (Phi) is 10.3. The summed E-state index contributed by atoms with van der Waals surface area (Å²) in [7, 11) is -3.58. The summed E-state index contributed by atoms with van der Waals surface area (Å²) < 4.78 is 27.9. The van der Waals surface area contributed by atoms with E-state index in [4.69, 9.17) is 0 Å². The van der Waals surface area contributed by atoms with E-state index < -0.39 is 10.0 Å². The maximum Gasteiger partial charge on any atom is 0.241 e. The molecule has 29 heavy (non-hydrogen) atoms. The van der Waals surface area contributed by atoms with Crippen LogP contribution in [0.5, 0.6) is 0 Å². The fraction of sp³-hybridized carbons (Fsp3) is 0.190. The van der Waals surface area contributed by atoms with Gasteiger partial charge in [-0.2, -0.15) is 0 Å². The van der Waals surface area contributed by atoms with Gasteiger partial charge in [0.05, 0.1) is 4.90 Å². The van der Waals surface area contributed by atoms with Gasteiger partial charge < -0.3 is 5.32 Å². The second-order valence-corrected chi connectivity index (χ2v) is 8.00. The first-order valence-electron chi connectivity index (χ1n) is 8.85. The van der Waals surface area contributed by atoms with Crippen molar-refractivity contribution in [3.05, 3.63) is 78.6 Å². The molecule has 156 valence electrons. The van der Waals surface area contributed by atoms with Gasteiger partial charge in [-0.05, 0) is 24.6 Å². The third-order valence-corrected chi connectivity index (χ3v) is 5.71. The molecule has 2 N–H and O–H groups in total. The Morgan fingerprint density at radius 2 is 1.76 bits per heavy atom. The van der Waals surface area contributed by atoms with Crippen LogP contribution in [0.15, 0.2) is 78.0 Å². The molecule has 0 aliphatic heterocycles. The molecule has 0 fully saturated rings. The minimum Gasteiger partial charge on any atom is -0.309 e. The first kappa shape index (κ1) is 25.1. The molecule has 5 nitrogen and oxygen atoms in total. The zero-order chi connectivity index (χ0) is 19.1. The Labute approximate surface area is 184 Å². The summed E-state index contributed by atoms with van der Waals surface area (Å²) in [5.74, 6) is 0. The highest BCUT2D eigenvalue weighted by atomic mass is 35.5. The van der Waals surface area contributed by atoms with Crippen LogP contribution in [0, 0.1) is 0 Å². The summed E-state index contributed by atoms with van der Waals surface area (Å²) in [5.41, 5.74) is 1.14. The number of sulfonamides is 1. The average Bonchev–Trinajstić information content (AvgIpc) is 2.70. The molecule has 1 heterocycles. The Bertz CT molecular complexity index is 1020. The summed E-state index contributed by atoms with van der Waals surface area (Å²) in [4.78, 5) is 4.32. The standard InChI is InChI=1S/C21H23N3O2S.2ClH/c1-17(10-11-18-6-3-2-4-7-18)23-14-15-24-27(25,26)21-9-5-8-19-16-22-13-12-20(19)21;;/h2-13,16-17,23-24H,14-15H2,1H3;2*1H. The van der Waals surface area contributed by atoms with Gasteiger partial charge in [0.1, 0.15) is 0 Å². The van der Waals surface area contributed by atoms with E-state index >= 15 is 0 Å². The van der Waals surface area contributed by atoms with E-state index in [-0.39, 0.29) is 35.8 Å². The number of pyridine rings is 1. The molecule has 1 atom stereocenters. The van der Waals surface area contributed by atoms with Crippen molar-refractivity contribution in [2.24, 2.45) is 0 Å². The first-order valence-corrected chi connectivity index (χ1v) is 10.3. The number of nitrogens with one attached hydrogen (secondary N) is 2. The number of rotatable bonds is 8. The molecular weight excluding hydrogens is 429 g/mol. The molecule has 0 radical (unpaired) electrons. The predicted octanol–water partition coefficient (Wildman–Crippen LogP) is 4.05. The molecule has 8 heteroatoms. The Morgan fingerprint density at radius 1 is 1.00 bits per heavy atom. The largest absolute Gasteiger partial charge is 0.309 e. The number of nitrogens with zero attached hydrogens (tertiary/aromatic N) is 1. The maximum absolute atomic E-state index is 12.6. The van der Waals surface area contributed by atoms with E-state index in [0.29, 0.717) is 18.5 Å². The molecule has 1 aromatic heterocycles. The second-order valence-electron chi connectivity index (χ2n) is 6.26. The lowest BCUT2D eigenvalue weighted by Crippen LogP contribution is -2.35. The van der Waals surface area contributed by atoms with Crippen molar-refractivity contribution >= 4 is 51.7 Å². The Balaban J connectivity index is 0.00000210. The predicted molar refractivity (Wildman–Crippen MR) is 124 cm³/mol. The average molecular weight is 454 g/mol. The van der Waals surface area contributed by atoms with Crippen molar-refractivity contribution in [2.75, 3.05) is 13.1 Å². The number of halogens is 2. The van der Waals surface area contributed by atoms with Gasteiger partial charge in [0.25, 0.3) is 0 Å². The number of fused-ring (bicyclic) bond motifs is 1. The van der Waals surface area contributed by atoms with Gasteiger partial charge in [0.15, 0.2) is 0 Å². The van der Waals surface area contributed by atoms with E-state index in [1.807, 2.05) is 49.4 Å². The van der Waals surface area contributed by atoms with Crippen LogP contribution in [0.25, 0.3) is 16.8 Å². The number of aromatic nitrogens is 1. The highest BCUT2D eigenvalue weighted by Gasteiger charge is 2.16. The Hall–Kier alpha value is -1.96. The quantitative estimate of drug-likeness (QED) is 0.504. The van der Waals surface area contributed by atoms with Crippen LogP contribution in [-0.2, 0) is 10.0 Å². The number of hydrogen-bond donors (Lipinski definition) is 2. The molecular formula is C21H25Cl2N3O2S. The fourth-order valence-electron chi connectivity index (χ4n) is 2.78. The smallest absolute Gasteiger partial charge is 0.241 e. The van der Waals surface area contributed by atoms with E-state index in [1.165, 1.54) is 0 Å². The minimum absolute atomic E-state index is 0. The molecule has 0 amide bonds. The lowest BCUT2D eigenvalue weighted by molar-refractivity contribution is 0.571. The summed E-state index contributed by atoms with van der Waals surface area (Å²) in [5, 5.41) is 4.77. The molecule has 0 spiro atoms. The first-order chi connectivity index (χ1) is 13.1. The highest BCUT2D eigenvalue weighted by Crippen LogP contribution is 2.21. The van der Waals surface area contributed by atoms with Crippen molar-refractivity contribution in [1.29, 1.82) is 0 Å².